The van der Waals surface area contributed by atoms with Gasteiger partial charge in [-0.25, -0.2) is 0 Å². The number of carbonyl (C=O) groups excluding carboxylic acids is 1. The van der Waals surface area contributed by atoms with Crippen LogP contribution in [0.4, 0.5) is 0 Å². The van der Waals surface area contributed by atoms with Crippen LogP contribution in [-0.4, -0.2) is 28.1 Å². The van der Waals surface area contributed by atoms with E-state index in [4.69, 9.17) is 11.6 Å². The molecule has 0 fully saturated rings. The normalized spacial score (nSPS) is 11.8. The number of aromatic nitrogens is 2. The van der Waals surface area contributed by atoms with Crippen LogP contribution in [0.5, 0.6) is 0 Å². The molecule has 1 aromatic heterocycles. The summed E-state index contributed by atoms with van der Waals surface area (Å²) in [4.78, 5) is 12.3. The first-order valence-corrected chi connectivity index (χ1v) is 7.24. The zero-order valence-corrected chi connectivity index (χ0v) is 12.9. The number of alkyl halides is 1. The molecule has 0 spiro atoms. The van der Waals surface area contributed by atoms with Gasteiger partial charge in [0, 0.05) is 24.9 Å². The van der Waals surface area contributed by atoms with Crippen molar-refractivity contribution in [2.75, 3.05) is 12.4 Å². The van der Waals surface area contributed by atoms with E-state index in [1.165, 1.54) is 0 Å². The Morgan fingerprint density at radius 2 is 2.10 bits per heavy atom. The van der Waals surface area contributed by atoms with Gasteiger partial charge in [-0.3, -0.25) is 9.48 Å². The summed E-state index contributed by atoms with van der Waals surface area (Å²) < 4.78 is 1.73. The highest BCUT2D eigenvalue weighted by atomic mass is 35.5. The molecular formula is C15H20ClN3O. The van der Waals surface area contributed by atoms with E-state index in [1.54, 1.807) is 4.68 Å². The smallest absolute Gasteiger partial charge is 0.272 e. The molecular weight excluding hydrogens is 274 g/mol. The summed E-state index contributed by atoms with van der Waals surface area (Å²) in [6.07, 6.45) is 0.859. The Labute approximate surface area is 124 Å². The molecule has 20 heavy (non-hydrogen) atoms. The van der Waals surface area contributed by atoms with Gasteiger partial charge < -0.3 is 5.32 Å². The molecule has 5 heteroatoms. The van der Waals surface area contributed by atoms with Crippen molar-refractivity contribution in [3.63, 3.8) is 0 Å². The summed E-state index contributed by atoms with van der Waals surface area (Å²) in [5.41, 5.74) is 1.42. The molecule has 1 N–H and O–H groups in total. The molecule has 2 aromatic rings. The number of rotatable bonds is 5. The maximum atomic E-state index is 12.3. The monoisotopic (exact) mass is 293 g/mol. The highest BCUT2D eigenvalue weighted by Crippen LogP contribution is 2.21. The van der Waals surface area contributed by atoms with Gasteiger partial charge in [0.25, 0.3) is 5.91 Å². The molecule has 0 saturated heterocycles. The predicted octanol–water partition coefficient (Wildman–Crippen LogP) is 2.96. The number of benzene rings is 1. The molecule has 0 radical (unpaired) electrons. The van der Waals surface area contributed by atoms with Gasteiger partial charge in [0.15, 0.2) is 5.69 Å². The number of carbonyl (C=O) groups is 1. The first kappa shape index (κ1) is 14.9. The Morgan fingerprint density at radius 3 is 2.80 bits per heavy atom. The molecule has 0 saturated carbocycles. The molecule has 0 unspecified atom stereocenters. The molecule has 108 valence electrons. The van der Waals surface area contributed by atoms with Crippen molar-refractivity contribution in [1.82, 2.24) is 15.1 Å². The second-order valence-corrected chi connectivity index (χ2v) is 6.15. The minimum atomic E-state index is -0.135. The van der Waals surface area contributed by atoms with Crippen molar-refractivity contribution in [3.05, 3.63) is 30.0 Å². The van der Waals surface area contributed by atoms with Crippen molar-refractivity contribution in [2.24, 2.45) is 12.5 Å². The summed E-state index contributed by atoms with van der Waals surface area (Å²) in [7, 11) is 1.84. The lowest BCUT2D eigenvalue weighted by Crippen LogP contribution is -2.34. The number of hydrogen-bond acceptors (Lipinski definition) is 2. The first-order chi connectivity index (χ1) is 9.44. The summed E-state index contributed by atoms with van der Waals surface area (Å²) in [5, 5.41) is 8.15. The molecule has 2 rings (SSSR count). The van der Waals surface area contributed by atoms with Crippen molar-refractivity contribution in [2.45, 2.75) is 20.3 Å². The van der Waals surface area contributed by atoms with E-state index in [0.29, 0.717) is 18.1 Å². The van der Waals surface area contributed by atoms with Crippen LogP contribution >= 0.6 is 11.6 Å². The Kier molecular flexibility index (Phi) is 4.33. The van der Waals surface area contributed by atoms with Gasteiger partial charge in [0.05, 0.1) is 5.52 Å². The Hall–Kier alpha value is -1.55. The van der Waals surface area contributed by atoms with E-state index in [9.17, 15) is 4.79 Å². The van der Waals surface area contributed by atoms with Gasteiger partial charge in [0.1, 0.15) is 0 Å². The number of aryl methyl sites for hydroxylation is 1. The quantitative estimate of drug-likeness (QED) is 0.862. The van der Waals surface area contributed by atoms with E-state index >= 15 is 0 Å². The van der Waals surface area contributed by atoms with Gasteiger partial charge in [0.2, 0.25) is 0 Å². The highest BCUT2D eigenvalue weighted by Gasteiger charge is 2.21. The minimum Gasteiger partial charge on any atom is -0.350 e. The molecule has 1 aromatic carbocycles. The number of fused-ring (bicyclic) bond motifs is 1. The average molecular weight is 294 g/mol. The van der Waals surface area contributed by atoms with Gasteiger partial charge in [-0.15, -0.1) is 11.6 Å². The maximum absolute atomic E-state index is 12.3. The molecule has 1 amide bonds. The van der Waals surface area contributed by atoms with Gasteiger partial charge in [-0.05, 0) is 17.9 Å². The molecule has 0 bridgehead atoms. The fourth-order valence-electron chi connectivity index (χ4n) is 2.13. The van der Waals surface area contributed by atoms with Crippen LogP contribution in [0.25, 0.3) is 10.9 Å². The first-order valence-electron chi connectivity index (χ1n) is 6.70. The maximum Gasteiger partial charge on any atom is 0.272 e. The zero-order valence-electron chi connectivity index (χ0n) is 12.1. The molecule has 0 atom stereocenters. The number of halogens is 1. The lowest BCUT2D eigenvalue weighted by atomic mass is 9.90. The number of nitrogens with one attached hydrogen (secondary N) is 1. The molecule has 0 aliphatic carbocycles. The molecule has 4 nitrogen and oxygen atoms in total. The summed E-state index contributed by atoms with van der Waals surface area (Å²) in [5.74, 6) is 0.458. The van der Waals surface area contributed by atoms with E-state index < -0.39 is 0 Å². The fraction of sp³-hybridized carbons (Fsp3) is 0.467. The van der Waals surface area contributed by atoms with Crippen molar-refractivity contribution in [1.29, 1.82) is 0 Å². The lowest BCUT2D eigenvalue weighted by molar-refractivity contribution is 0.0931. The lowest BCUT2D eigenvalue weighted by Gasteiger charge is -2.23. The van der Waals surface area contributed by atoms with Crippen LogP contribution in [-0.2, 0) is 7.05 Å². The summed E-state index contributed by atoms with van der Waals surface area (Å²) >= 11 is 5.77. The second-order valence-electron chi connectivity index (χ2n) is 5.78. The fourth-order valence-corrected chi connectivity index (χ4v) is 2.64. The van der Waals surface area contributed by atoms with Crippen LogP contribution in [0.1, 0.15) is 30.8 Å². The number of amides is 1. The van der Waals surface area contributed by atoms with Crippen LogP contribution < -0.4 is 5.32 Å². The highest BCUT2D eigenvalue weighted by molar-refractivity contribution is 6.17. The standard InChI is InChI=1S/C15H20ClN3O/c1-15(2,8-9-16)10-17-14(20)13-11-6-4-5-7-12(11)19(3)18-13/h4-7H,8-10H2,1-3H3,(H,17,20). The van der Waals surface area contributed by atoms with Crippen molar-refractivity contribution in [3.8, 4) is 0 Å². The molecule has 0 aliphatic heterocycles. The van der Waals surface area contributed by atoms with E-state index in [1.807, 2.05) is 31.3 Å². The van der Waals surface area contributed by atoms with Crippen LogP contribution in [0, 0.1) is 5.41 Å². The largest absolute Gasteiger partial charge is 0.350 e. The molecule has 1 heterocycles. The second kappa shape index (κ2) is 5.83. The third kappa shape index (κ3) is 3.12. The van der Waals surface area contributed by atoms with Crippen molar-refractivity contribution < 1.29 is 4.79 Å². The number of hydrogen-bond donors (Lipinski definition) is 1. The van der Waals surface area contributed by atoms with E-state index in [2.05, 4.69) is 24.3 Å². The summed E-state index contributed by atoms with van der Waals surface area (Å²) in [6.45, 7) is 4.77. The third-order valence-corrected chi connectivity index (χ3v) is 3.66. The van der Waals surface area contributed by atoms with Crippen LogP contribution in [0.3, 0.4) is 0 Å². The van der Waals surface area contributed by atoms with Gasteiger partial charge in [-0.1, -0.05) is 32.0 Å². The minimum absolute atomic E-state index is 0.0119. The van der Waals surface area contributed by atoms with Gasteiger partial charge in [-0.2, -0.15) is 5.10 Å². The Bertz CT molecular complexity index is 619. The number of para-hydroxylation sites is 1. The molecule has 0 aliphatic rings. The zero-order chi connectivity index (χ0) is 14.8. The van der Waals surface area contributed by atoms with Crippen LogP contribution in [0.15, 0.2) is 24.3 Å². The van der Waals surface area contributed by atoms with E-state index in [0.717, 1.165) is 17.3 Å². The van der Waals surface area contributed by atoms with Crippen molar-refractivity contribution >= 4 is 28.4 Å². The SMILES string of the molecule is Cn1nc(C(=O)NCC(C)(C)CCCl)c2ccccc21. The Morgan fingerprint density at radius 1 is 1.40 bits per heavy atom. The Balaban J connectivity index is 2.16. The summed E-state index contributed by atoms with van der Waals surface area (Å²) in [6, 6.07) is 7.73. The average Bonchev–Trinajstić information content (AvgIpc) is 2.74. The third-order valence-electron chi connectivity index (χ3n) is 3.47. The predicted molar refractivity (Wildman–Crippen MR) is 82.2 cm³/mol. The van der Waals surface area contributed by atoms with Gasteiger partial charge >= 0.3 is 0 Å². The van der Waals surface area contributed by atoms with Crippen LogP contribution in [0.2, 0.25) is 0 Å². The van der Waals surface area contributed by atoms with E-state index in [-0.39, 0.29) is 11.3 Å². The topological polar surface area (TPSA) is 46.9 Å². The number of nitrogens with zero attached hydrogens (tertiary/aromatic N) is 2.